The molecule has 3 rings (SSSR count). The smallest absolute Gasteiger partial charge is 0.260 e. The number of rotatable bonds is 1. The summed E-state index contributed by atoms with van der Waals surface area (Å²) < 4.78 is 0. The number of carbonyl (C=O) groups excluding carboxylic acids is 1. The van der Waals surface area contributed by atoms with Gasteiger partial charge >= 0.3 is 0 Å². The molecule has 6 heteroatoms. The van der Waals surface area contributed by atoms with Crippen LogP contribution in [0.15, 0.2) is 36.5 Å². The van der Waals surface area contributed by atoms with E-state index >= 15 is 0 Å². The summed E-state index contributed by atoms with van der Waals surface area (Å²) in [4.78, 5) is 20.5. The normalized spacial score (nSPS) is 14.0. The number of nitrogens with two attached hydrogens (primary N) is 1. The number of fused-ring (bicyclic) bond motifs is 1. The number of anilines is 3. The van der Waals surface area contributed by atoms with E-state index in [4.69, 9.17) is 17.3 Å². The van der Waals surface area contributed by atoms with Crippen molar-refractivity contribution in [2.75, 3.05) is 35.7 Å². The van der Waals surface area contributed by atoms with Crippen LogP contribution in [-0.4, -0.2) is 31.0 Å². The van der Waals surface area contributed by atoms with Crippen molar-refractivity contribution in [3.8, 4) is 0 Å². The molecule has 108 valence electrons. The Balaban J connectivity index is 1.99. The lowest BCUT2D eigenvalue weighted by Crippen LogP contribution is -2.42. The summed E-state index contributed by atoms with van der Waals surface area (Å²) >= 11 is 5.95. The second kappa shape index (κ2) is 5.26. The fourth-order valence-electron chi connectivity index (χ4n) is 2.44. The number of nitrogens with zero attached hydrogens (tertiary/aromatic N) is 3. The highest BCUT2D eigenvalue weighted by molar-refractivity contribution is 6.33. The monoisotopic (exact) mass is 302 g/mol. The molecule has 0 atom stereocenters. The number of hydrogen-bond acceptors (Lipinski definition) is 4. The third-order valence-corrected chi connectivity index (χ3v) is 3.91. The van der Waals surface area contributed by atoms with Gasteiger partial charge in [0.15, 0.2) is 0 Å². The minimum Gasteiger partial charge on any atom is -0.382 e. The zero-order valence-electron chi connectivity index (χ0n) is 11.6. The van der Waals surface area contributed by atoms with Gasteiger partial charge in [-0.05, 0) is 18.2 Å². The minimum atomic E-state index is -0.120. The van der Waals surface area contributed by atoms with E-state index in [1.165, 1.54) is 6.20 Å². The Kier molecular flexibility index (Phi) is 3.43. The van der Waals surface area contributed by atoms with Gasteiger partial charge < -0.3 is 15.5 Å². The molecule has 0 saturated carbocycles. The Labute approximate surface area is 127 Å². The van der Waals surface area contributed by atoms with Crippen LogP contribution in [0.2, 0.25) is 5.02 Å². The molecule has 1 amide bonds. The zero-order valence-corrected chi connectivity index (χ0v) is 12.3. The van der Waals surface area contributed by atoms with Crippen LogP contribution in [0.3, 0.4) is 0 Å². The van der Waals surface area contributed by atoms with E-state index < -0.39 is 0 Å². The van der Waals surface area contributed by atoms with E-state index in [-0.39, 0.29) is 11.7 Å². The van der Waals surface area contributed by atoms with Crippen LogP contribution >= 0.6 is 11.6 Å². The predicted octanol–water partition coefficient (Wildman–Crippen LogP) is 2.41. The van der Waals surface area contributed by atoms with Crippen LogP contribution in [0.5, 0.6) is 0 Å². The van der Waals surface area contributed by atoms with Crippen LogP contribution < -0.4 is 15.5 Å². The molecule has 5 nitrogen and oxygen atoms in total. The molecular weight excluding hydrogens is 288 g/mol. The number of likely N-dealkylation sites (N-methyl/N-ethyl adjacent to an activating group) is 1. The first-order valence-corrected chi connectivity index (χ1v) is 6.99. The summed E-state index contributed by atoms with van der Waals surface area (Å²) in [5, 5.41) is 0.295. The van der Waals surface area contributed by atoms with E-state index in [0.717, 1.165) is 17.9 Å². The maximum absolute atomic E-state index is 12.7. The van der Waals surface area contributed by atoms with Gasteiger partial charge in [-0.15, -0.1) is 0 Å². The van der Waals surface area contributed by atoms with Crippen LogP contribution in [-0.2, 0) is 0 Å². The van der Waals surface area contributed by atoms with Crippen molar-refractivity contribution in [2.45, 2.75) is 0 Å². The largest absolute Gasteiger partial charge is 0.382 e. The molecule has 0 fully saturated rings. The third kappa shape index (κ3) is 2.40. The SMILES string of the molecule is CN1CCN(C(=O)c2cnc(N)c(Cl)c2)c2ccccc21. The van der Waals surface area contributed by atoms with Gasteiger partial charge in [0.25, 0.3) is 5.91 Å². The van der Waals surface area contributed by atoms with Crippen LogP contribution in [0.25, 0.3) is 0 Å². The number of carbonyl (C=O) groups is 1. The Bertz CT molecular complexity index is 704. The van der Waals surface area contributed by atoms with Gasteiger partial charge in [-0.1, -0.05) is 23.7 Å². The highest BCUT2D eigenvalue weighted by Crippen LogP contribution is 2.33. The van der Waals surface area contributed by atoms with Crippen molar-refractivity contribution >= 4 is 34.7 Å². The molecule has 0 saturated heterocycles. The van der Waals surface area contributed by atoms with Gasteiger partial charge in [0.1, 0.15) is 5.82 Å². The van der Waals surface area contributed by atoms with E-state index in [2.05, 4.69) is 9.88 Å². The maximum Gasteiger partial charge on any atom is 0.260 e. The fourth-order valence-corrected chi connectivity index (χ4v) is 2.60. The lowest BCUT2D eigenvalue weighted by atomic mass is 10.1. The Morgan fingerprint density at radius 2 is 2.00 bits per heavy atom. The Hall–Kier alpha value is -2.27. The fraction of sp³-hybridized carbons (Fsp3) is 0.200. The summed E-state index contributed by atoms with van der Waals surface area (Å²) in [5.41, 5.74) is 7.95. The molecule has 0 spiro atoms. The Morgan fingerprint density at radius 1 is 1.29 bits per heavy atom. The van der Waals surface area contributed by atoms with Gasteiger partial charge in [0.05, 0.1) is 22.0 Å². The highest BCUT2D eigenvalue weighted by atomic mass is 35.5. The molecule has 21 heavy (non-hydrogen) atoms. The van der Waals surface area contributed by atoms with E-state index in [0.29, 0.717) is 17.1 Å². The molecule has 2 N–H and O–H groups in total. The summed E-state index contributed by atoms with van der Waals surface area (Å²) in [6.45, 7) is 1.40. The zero-order chi connectivity index (χ0) is 15.0. The van der Waals surface area contributed by atoms with Crippen molar-refractivity contribution in [1.29, 1.82) is 0 Å². The second-order valence-corrected chi connectivity index (χ2v) is 5.37. The first-order chi connectivity index (χ1) is 10.1. The van der Waals surface area contributed by atoms with Crippen LogP contribution in [0, 0.1) is 0 Å². The summed E-state index contributed by atoms with van der Waals surface area (Å²) in [5.74, 6) is 0.108. The van der Waals surface area contributed by atoms with Crippen LogP contribution in [0.1, 0.15) is 10.4 Å². The van der Waals surface area contributed by atoms with E-state index in [9.17, 15) is 4.79 Å². The number of hydrogen-bond donors (Lipinski definition) is 1. The number of nitrogen functional groups attached to an aromatic ring is 1. The molecular formula is C15H15ClN4O. The second-order valence-electron chi connectivity index (χ2n) is 4.96. The van der Waals surface area contributed by atoms with Gasteiger partial charge in [-0.25, -0.2) is 4.98 Å². The highest BCUT2D eigenvalue weighted by Gasteiger charge is 2.26. The third-order valence-electron chi connectivity index (χ3n) is 3.60. The van der Waals surface area contributed by atoms with Gasteiger partial charge in [-0.3, -0.25) is 4.79 Å². The average Bonchev–Trinajstić information content (AvgIpc) is 2.50. The van der Waals surface area contributed by atoms with Gasteiger partial charge in [0, 0.05) is 26.3 Å². The molecule has 1 aliphatic rings. The lowest BCUT2D eigenvalue weighted by Gasteiger charge is -2.35. The predicted molar refractivity (Wildman–Crippen MR) is 85.0 cm³/mol. The van der Waals surface area contributed by atoms with Crippen molar-refractivity contribution < 1.29 is 4.79 Å². The molecule has 0 bridgehead atoms. The number of halogens is 1. The number of pyridine rings is 1. The maximum atomic E-state index is 12.7. The number of benzene rings is 1. The first-order valence-electron chi connectivity index (χ1n) is 6.61. The number of aromatic nitrogens is 1. The molecule has 0 aliphatic carbocycles. The molecule has 1 aromatic carbocycles. The van der Waals surface area contributed by atoms with Crippen molar-refractivity contribution in [2.24, 2.45) is 0 Å². The summed E-state index contributed by atoms with van der Waals surface area (Å²) in [6, 6.07) is 9.39. The van der Waals surface area contributed by atoms with E-state index in [1.54, 1.807) is 11.0 Å². The molecule has 0 radical (unpaired) electrons. The van der Waals surface area contributed by atoms with Crippen LogP contribution in [0.4, 0.5) is 17.2 Å². The molecule has 1 aliphatic heterocycles. The molecule has 2 heterocycles. The number of amides is 1. The average molecular weight is 303 g/mol. The molecule has 0 unspecified atom stereocenters. The molecule has 1 aromatic heterocycles. The van der Waals surface area contributed by atoms with Crippen molar-refractivity contribution in [1.82, 2.24) is 4.98 Å². The molecule has 2 aromatic rings. The number of para-hydroxylation sites is 2. The van der Waals surface area contributed by atoms with E-state index in [1.807, 2.05) is 31.3 Å². The quantitative estimate of drug-likeness (QED) is 0.879. The first kappa shape index (κ1) is 13.7. The van der Waals surface area contributed by atoms with Gasteiger partial charge in [-0.2, -0.15) is 0 Å². The summed E-state index contributed by atoms with van der Waals surface area (Å²) in [6.07, 6.45) is 1.46. The Morgan fingerprint density at radius 3 is 2.71 bits per heavy atom. The van der Waals surface area contributed by atoms with Crippen molar-refractivity contribution in [3.05, 3.63) is 47.1 Å². The summed E-state index contributed by atoms with van der Waals surface area (Å²) in [7, 11) is 2.02. The minimum absolute atomic E-state index is 0.120. The lowest BCUT2D eigenvalue weighted by molar-refractivity contribution is 0.0986. The van der Waals surface area contributed by atoms with Gasteiger partial charge in [0.2, 0.25) is 0 Å². The van der Waals surface area contributed by atoms with Crippen molar-refractivity contribution in [3.63, 3.8) is 0 Å². The topological polar surface area (TPSA) is 62.5 Å². The standard InChI is InChI=1S/C15H15ClN4O/c1-19-6-7-20(13-5-3-2-4-12(13)19)15(21)10-8-11(16)14(17)18-9-10/h2-5,8-9H,6-7H2,1H3,(H2,17,18).